The van der Waals surface area contributed by atoms with E-state index in [2.05, 4.69) is 15.5 Å². The molecular weight excluding hydrogens is 492 g/mol. The van der Waals surface area contributed by atoms with Gasteiger partial charge in [-0.3, -0.25) is 4.79 Å². The Morgan fingerprint density at radius 3 is 2.42 bits per heavy atom. The zero-order chi connectivity index (χ0) is 27.8. The number of halogens is 2. The number of aromatic nitrogens is 3. The molecule has 1 aromatic carbocycles. The fraction of sp³-hybridized carbons (Fsp3) is 0.500. The highest BCUT2D eigenvalue weighted by molar-refractivity contribution is 5.91. The molecule has 0 saturated carbocycles. The number of carbonyl (C=O) groups is 1. The summed E-state index contributed by atoms with van der Waals surface area (Å²) in [5.41, 5.74) is 1.92. The number of carbonyl (C=O) groups excluding carboxylic acids is 1. The van der Waals surface area contributed by atoms with Crippen LogP contribution in [0.15, 0.2) is 35.1 Å². The van der Waals surface area contributed by atoms with Gasteiger partial charge >= 0.3 is 6.09 Å². The first-order valence-corrected chi connectivity index (χ1v) is 12.8. The fourth-order valence-electron chi connectivity index (χ4n) is 4.96. The van der Waals surface area contributed by atoms with E-state index in [1.54, 1.807) is 35.6 Å². The van der Waals surface area contributed by atoms with Gasteiger partial charge < -0.3 is 19.5 Å². The molecule has 1 saturated heterocycles. The molecule has 1 unspecified atom stereocenters. The predicted octanol–water partition coefficient (Wildman–Crippen LogP) is 5.86. The monoisotopic (exact) mass is 527 g/mol. The van der Waals surface area contributed by atoms with Gasteiger partial charge in [-0.1, -0.05) is 18.2 Å². The molecule has 204 valence electrons. The van der Waals surface area contributed by atoms with Crippen LogP contribution in [0.2, 0.25) is 0 Å². The highest BCUT2D eigenvalue weighted by Crippen LogP contribution is 2.32. The number of alkyl halides is 2. The topological polar surface area (TPSA) is 89.4 Å². The van der Waals surface area contributed by atoms with Crippen LogP contribution in [-0.4, -0.2) is 44.4 Å². The number of piperidine rings is 1. The standard InChI is InChI=1S/C28H35F2N5O3/c1-16(19-8-7-9-20(14-19)24(29)30)31-25-22-15-21(26(36)34(6)23(22)17(2)32-33-25)18-10-12-35(13-11-18)27(37)38-28(3,4)5/h7-9,14-16,18,24H,10-13H2,1-6H3,(H,31,33). The van der Waals surface area contributed by atoms with Crippen LogP contribution in [0.3, 0.4) is 0 Å². The third-order valence-electron chi connectivity index (χ3n) is 6.94. The van der Waals surface area contributed by atoms with E-state index in [4.69, 9.17) is 4.74 Å². The number of nitrogens with one attached hydrogen (secondary N) is 1. The maximum Gasteiger partial charge on any atom is 0.410 e. The molecule has 1 amide bonds. The molecule has 0 aliphatic carbocycles. The summed E-state index contributed by atoms with van der Waals surface area (Å²) in [6.07, 6.45) is -1.63. The third kappa shape index (κ3) is 5.79. The molecule has 2 aromatic heterocycles. The average Bonchev–Trinajstić information content (AvgIpc) is 2.86. The number of benzene rings is 1. The Morgan fingerprint density at radius 1 is 1.13 bits per heavy atom. The van der Waals surface area contributed by atoms with E-state index in [1.807, 2.05) is 33.8 Å². The van der Waals surface area contributed by atoms with Crippen LogP contribution in [0.25, 0.3) is 10.9 Å². The number of likely N-dealkylation sites (tertiary alicyclic amines) is 1. The number of nitrogens with zero attached hydrogens (tertiary/aromatic N) is 4. The van der Waals surface area contributed by atoms with E-state index in [9.17, 15) is 18.4 Å². The van der Waals surface area contributed by atoms with Crippen molar-refractivity contribution >= 4 is 22.8 Å². The number of ether oxygens (including phenoxy) is 1. The van der Waals surface area contributed by atoms with Gasteiger partial charge in [-0.2, -0.15) is 5.10 Å². The highest BCUT2D eigenvalue weighted by atomic mass is 19.3. The number of fused-ring (bicyclic) bond motifs is 1. The molecule has 0 radical (unpaired) electrons. The van der Waals surface area contributed by atoms with Crippen molar-refractivity contribution in [1.29, 1.82) is 0 Å². The lowest BCUT2D eigenvalue weighted by atomic mass is 9.89. The quantitative estimate of drug-likeness (QED) is 0.447. The first kappa shape index (κ1) is 27.5. The van der Waals surface area contributed by atoms with Crippen molar-refractivity contribution < 1.29 is 18.3 Å². The maximum atomic E-state index is 13.4. The van der Waals surface area contributed by atoms with Crippen molar-refractivity contribution in [3.8, 4) is 0 Å². The second-order valence-electron chi connectivity index (χ2n) is 10.9. The van der Waals surface area contributed by atoms with Crippen molar-refractivity contribution in [2.75, 3.05) is 18.4 Å². The Morgan fingerprint density at radius 2 is 1.79 bits per heavy atom. The molecular formula is C28H35F2N5O3. The summed E-state index contributed by atoms with van der Waals surface area (Å²) in [6, 6.07) is 7.82. The Labute approximate surface area is 221 Å². The lowest BCUT2D eigenvalue weighted by Gasteiger charge is -2.33. The van der Waals surface area contributed by atoms with E-state index < -0.39 is 12.0 Å². The van der Waals surface area contributed by atoms with Crippen molar-refractivity contribution in [2.24, 2.45) is 7.05 Å². The highest BCUT2D eigenvalue weighted by Gasteiger charge is 2.29. The minimum atomic E-state index is -2.55. The molecule has 4 rings (SSSR count). The van der Waals surface area contributed by atoms with Gasteiger partial charge in [-0.15, -0.1) is 5.10 Å². The number of aryl methyl sites for hydroxylation is 2. The van der Waals surface area contributed by atoms with Crippen LogP contribution in [0.5, 0.6) is 0 Å². The first-order chi connectivity index (χ1) is 17.9. The average molecular weight is 528 g/mol. The van der Waals surface area contributed by atoms with Crippen LogP contribution in [0, 0.1) is 6.92 Å². The molecule has 3 heterocycles. The van der Waals surface area contributed by atoms with Gasteiger partial charge in [0.25, 0.3) is 12.0 Å². The normalized spacial score (nSPS) is 15.7. The molecule has 3 aromatic rings. The Balaban J connectivity index is 1.64. The fourth-order valence-corrected chi connectivity index (χ4v) is 4.96. The molecule has 10 heteroatoms. The molecule has 1 N–H and O–H groups in total. The van der Waals surface area contributed by atoms with Crippen LogP contribution in [-0.2, 0) is 11.8 Å². The Hall–Kier alpha value is -3.56. The SMILES string of the molecule is Cc1nnc(NC(C)c2cccc(C(F)F)c2)c2cc(C3CCN(C(=O)OC(C)(C)C)CC3)c(=O)n(C)c12. The number of hydrogen-bond acceptors (Lipinski definition) is 6. The van der Waals surface area contributed by atoms with Gasteiger partial charge in [0.2, 0.25) is 0 Å². The molecule has 38 heavy (non-hydrogen) atoms. The smallest absolute Gasteiger partial charge is 0.410 e. The molecule has 1 atom stereocenters. The number of rotatable bonds is 5. The molecule has 1 fully saturated rings. The van der Waals surface area contributed by atoms with Crippen molar-refractivity contribution in [3.05, 3.63) is 63.1 Å². The zero-order valence-electron chi connectivity index (χ0n) is 22.7. The van der Waals surface area contributed by atoms with E-state index in [0.29, 0.717) is 54.1 Å². The van der Waals surface area contributed by atoms with Crippen LogP contribution >= 0.6 is 0 Å². The minimum Gasteiger partial charge on any atom is -0.444 e. The summed E-state index contributed by atoms with van der Waals surface area (Å²) >= 11 is 0. The summed E-state index contributed by atoms with van der Waals surface area (Å²) in [7, 11) is 1.72. The van der Waals surface area contributed by atoms with Gasteiger partial charge in [0.1, 0.15) is 5.60 Å². The molecule has 0 bridgehead atoms. The summed E-state index contributed by atoms with van der Waals surface area (Å²) in [6.45, 7) is 10.2. The second kappa shape index (κ2) is 10.7. The number of anilines is 1. The summed E-state index contributed by atoms with van der Waals surface area (Å²) in [5.74, 6) is 0.446. The van der Waals surface area contributed by atoms with E-state index in [0.717, 1.165) is 5.39 Å². The van der Waals surface area contributed by atoms with E-state index >= 15 is 0 Å². The largest absolute Gasteiger partial charge is 0.444 e. The van der Waals surface area contributed by atoms with Gasteiger partial charge in [0, 0.05) is 36.7 Å². The molecule has 1 aliphatic heterocycles. The molecule has 8 nitrogen and oxygen atoms in total. The van der Waals surface area contributed by atoms with Crippen molar-refractivity contribution in [2.45, 2.75) is 71.4 Å². The minimum absolute atomic E-state index is 0.0294. The zero-order valence-corrected chi connectivity index (χ0v) is 22.7. The van der Waals surface area contributed by atoms with Crippen LogP contribution in [0.1, 0.15) is 81.3 Å². The lowest BCUT2D eigenvalue weighted by molar-refractivity contribution is 0.0204. The van der Waals surface area contributed by atoms with Crippen molar-refractivity contribution in [1.82, 2.24) is 19.7 Å². The van der Waals surface area contributed by atoms with E-state index in [1.165, 1.54) is 12.1 Å². The van der Waals surface area contributed by atoms with E-state index in [-0.39, 0.29) is 29.2 Å². The second-order valence-corrected chi connectivity index (χ2v) is 10.9. The molecule has 1 aliphatic rings. The van der Waals surface area contributed by atoms with Gasteiger partial charge in [-0.25, -0.2) is 13.6 Å². The maximum absolute atomic E-state index is 13.4. The summed E-state index contributed by atoms with van der Waals surface area (Å²) in [4.78, 5) is 27.6. The van der Waals surface area contributed by atoms with Crippen LogP contribution < -0.4 is 10.9 Å². The van der Waals surface area contributed by atoms with Gasteiger partial charge in [0.05, 0.1) is 17.3 Å². The Bertz CT molecular complexity index is 1390. The van der Waals surface area contributed by atoms with Gasteiger partial charge in [-0.05, 0) is 71.1 Å². The third-order valence-corrected chi connectivity index (χ3v) is 6.94. The summed E-state index contributed by atoms with van der Waals surface area (Å²) in [5, 5.41) is 12.7. The summed E-state index contributed by atoms with van der Waals surface area (Å²) < 4.78 is 33.6. The molecule has 0 spiro atoms. The first-order valence-electron chi connectivity index (χ1n) is 12.8. The number of hydrogen-bond donors (Lipinski definition) is 1. The predicted molar refractivity (Wildman–Crippen MR) is 143 cm³/mol. The lowest BCUT2D eigenvalue weighted by Crippen LogP contribution is -2.42. The number of amides is 1. The van der Waals surface area contributed by atoms with Crippen LogP contribution in [0.4, 0.5) is 19.4 Å². The van der Waals surface area contributed by atoms with Gasteiger partial charge in [0.15, 0.2) is 5.82 Å². The van der Waals surface area contributed by atoms with Crippen molar-refractivity contribution in [3.63, 3.8) is 0 Å². The Kier molecular flexibility index (Phi) is 7.71. The number of pyridine rings is 1.